The number of thiophene rings is 1. The van der Waals surface area contributed by atoms with Crippen molar-refractivity contribution in [2.24, 2.45) is 9.98 Å². The van der Waals surface area contributed by atoms with Gasteiger partial charge in [-0.05, 0) is 91.8 Å². The minimum absolute atomic E-state index is 0.0163. The third-order valence-electron chi connectivity index (χ3n) is 11.3. The fraction of sp³-hybridized carbons (Fsp3) is 0.340. The van der Waals surface area contributed by atoms with Crippen LogP contribution in [0.3, 0.4) is 0 Å². The number of aromatic nitrogens is 2. The van der Waals surface area contributed by atoms with Crippen LogP contribution in [0.4, 0.5) is 9.39 Å². The molecule has 2 atom stereocenters. The molecule has 2 aromatic heterocycles. The molecule has 16 heteroatoms. The van der Waals surface area contributed by atoms with Crippen molar-refractivity contribution in [2.75, 3.05) is 66.6 Å². The highest BCUT2D eigenvalue weighted by atomic mass is 35.5. The molecule has 0 aliphatic carbocycles. The monoisotopic (exact) mass is 894 g/mol. The first kappa shape index (κ1) is 43.9. The number of fused-ring (bicyclic) bond motifs is 8. The summed E-state index contributed by atoms with van der Waals surface area (Å²) in [7, 11) is 3.63. The minimum Gasteiger partial charge on any atom is -0.490 e. The van der Waals surface area contributed by atoms with Gasteiger partial charge in [0.1, 0.15) is 47.4 Å². The predicted molar refractivity (Wildman–Crippen MR) is 243 cm³/mol. The number of aliphatic carboxylic acids is 1. The van der Waals surface area contributed by atoms with Crippen LogP contribution in [0.2, 0.25) is 5.02 Å². The molecule has 4 aliphatic rings. The Morgan fingerprint density at radius 3 is 2.62 bits per heavy atom. The molecule has 5 aromatic rings. The Hall–Kier alpha value is -5.71. The minimum atomic E-state index is -1.46. The molecule has 0 radical (unpaired) electrons. The normalized spacial score (nSPS) is 19.3. The Labute approximate surface area is 374 Å². The summed E-state index contributed by atoms with van der Waals surface area (Å²) in [6, 6.07) is 17.0. The van der Waals surface area contributed by atoms with Gasteiger partial charge in [-0.1, -0.05) is 35.9 Å². The first-order valence-electron chi connectivity index (χ1n) is 20.7. The van der Waals surface area contributed by atoms with Crippen LogP contribution in [-0.2, 0) is 27.3 Å². The molecule has 9 rings (SSSR count). The highest BCUT2D eigenvalue weighted by Gasteiger charge is 2.32. The number of rotatable bonds is 9. The van der Waals surface area contributed by atoms with Gasteiger partial charge in [-0.3, -0.25) is 14.9 Å². The maximum absolute atomic E-state index is 14.3. The standard InChI is InChI=1S/C47H48ClFN6O7S/c1-28-36-10-12-38(42(28)48)61-35(25-55-19-17-54(4)18-20-55)27-59-34-9-11-37(60-26-33-13-16-52-44(53-33)30-14-21-58-22-15-30)31(23-34)24-39(47(56)57)62-45(50-2)41-40(36)43(63-46(41)51-3)29-5-7-32(49)8-6-29/h5-14,16,23,35,39H,3,15,17-22,24-27H2,1-2,4H3,(H,56,57)/b50-45+/t35-,39-/m1/s1. The number of aliphatic imine (C=N–C) groups is 2. The van der Waals surface area contributed by atoms with Crippen LogP contribution in [0.5, 0.6) is 17.2 Å². The van der Waals surface area contributed by atoms with E-state index in [1.54, 1.807) is 42.6 Å². The maximum Gasteiger partial charge on any atom is 0.345 e. The fourth-order valence-electron chi connectivity index (χ4n) is 7.82. The van der Waals surface area contributed by atoms with Gasteiger partial charge in [0.05, 0.1) is 29.5 Å². The van der Waals surface area contributed by atoms with Gasteiger partial charge in [-0.2, -0.15) is 0 Å². The Bertz CT molecular complexity index is 2540. The van der Waals surface area contributed by atoms with Gasteiger partial charge in [0.25, 0.3) is 0 Å². The molecule has 0 saturated carbocycles. The van der Waals surface area contributed by atoms with E-state index in [-0.39, 0.29) is 25.5 Å². The number of hydrogen-bond acceptors (Lipinski definition) is 13. The third kappa shape index (κ3) is 10.1. The van der Waals surface area contributed by atoms with E-state index in [2.05, 4.69) is 38.5 Å². The Balaban J connectivity index is 1.22. The molecule has 0 amide bonds. The largest absolute Gasteiger partial charge is 0.490 e. The van der Waals surface area contributed by atoms with E-state index in [0.717, 1.165) is 31.8 Å². The number of likely N-dealkylation sites (N-methyl/N-ethyl adjacent to an activating group) is 1. The van der Waals surface area contributed by atoms with E-state index in [1.807, 2.05) is 25.1 Å². The molecule has 4 aliphatic heterocycles. The molecule has 63 heavy (non-hydrogen) atoms. The van der Waals surface area contributed by atoms with Crippen LogP contribution in [0.25, 0.3) is 27.1 Å². The van der Waals surface area contributed by atoms with E-state index in [1.165, 1.54) is 30.5 Å². The Morgan fingerprint density at radius 2 is 1.89 bits per heavy atom. The molecule has 1 N–H and O–H groups in total. The molecule has 0 unspecified atom stereocenters. The van der Waals surface area contributed by atoms with Crippen LogP contribution in [0.1, 0.15) is 34.6 Å². The topological polar surface area (TPSA) is 140 Å². The second kappa shape index (κ2) is 19.8. The van der Waals surface area contributed by atoms with Gasteiger partial charge in [-0.15, -0.1) is 11.3 Å². The molecule has 3 aromatic carbocycles. The van der Waals surface area contributed by atoms with Crippen LogP contribution >= 0.6 is 22.9 Å². The Kier molecular flexibility index (Phi) is 13.8. The second-order valence-corrected chi connectivity index (χ2v) is 16.9. The van der Waals surface area contributed by atoms with Crippen molar-refractivity contribution in [1.82, 2.24) is 19.8 Å². The number of halogens is 2. The van der Waals surface area contributed by atoms with Crippen molar-refractivity contribution in [1.29, 1.82) is 0 Å². The summed E-state index contributed by atoms with van der Waals surface area (Å²) >= 11 is 8.53. The lowest BCUT2D eigenvalue weighted by Crippen LogP contribution is -2.49. The number of piperazine rings is 1. The number of carboxylic acids is 1. The zero-order valence-corrected chi connectivity index (χ0v) is 36.9. The van der Waals surface area contributed by atoms with Crippen LogP contribution < -0.4 is 14.2 Å². The van der Waals surface area contributed by atoms with Gasteiger partial charge in [0.2, 0.25) is 12.0 Å². The van der Waals surface area contributed by atoms with Gasteiger partial charge in [0.15, 0.2) is 5.82 Å². The second-order valence-electron chi connectivity index (χ2n) is 15.5. The van der Waals surface area contributed by atoms with Crippen molar-refractivity contribution in [3.63, 3.8) is 0 Å². The molecular formula is C47H48ClFN6O7S. The summed E-state index contributed by atoms with van der Waals surface area (Å²) in [5, 5.41) is 11.6. The average Bonchev–Trinajstić information content (AvgIpc) is 3.68. The zero-order valence-electron chi connectivity index (χ0n) is 35.3. The van der Waals surface area contributed by atoms with Crippen molar-refractivity contribution in [3.05, 3.63) is 112 Å². The van der Waals surface area contributed by atoms with Crippen molar-refractivity contribution in [2.45, 2.75) is 38.6 Å². The number of ether oxygens (including phenoxy) is 5. The van der Waals surface area contributed by atoms with E-state index in [9.17, 15) is 14.3 Å². The third-order valence-corrected chi connectivity index (χ3v) is 12.9. The van der Waals surface area contributed by atoms with Crippen LogP contribution in [0.15, 0.2) is 82.9 Å². The highest BCUT2D eigenvalue weighted by Crippen LogP contribution is 2.50. The first-order valence-corrected chi connectivity index (χ1v) is 21.9. The fourth-order valence-corrected chi connectivity index (χ4v) is 9.15. The summed E-state index contributed by atoms with van der Waals surface area (Å²) in [4.78, 5) is 36.7. The smallest absolute Gasteiger partial charge is 0.345 e. The van der Waals surface area contributed by atoms with Crippen LogP contribution in [0, 0.1) is 12.7 Å². The molecule has 13 nitrogen and oxygen atoms in total. The van der Waals surface area contributed by atoms with E-state index >= 15 is 0 Å². The summed E-state index contributed by atoms with van der Waals surface area (Å²) in [5.41, 5.74) is 5.29. The lowest BCUT2D eigenvalue weighted by atomic mass is 9.94. The molecule has 1 saturated heterocycles. The summed E-state index contributed by atoms with van der Waals surface area (Å²) in [5.74, 6) is 0.386. The van der Waals surface area contributed by atoms with Crippen molar-refractivity contribution < 1.29 is 38.0 Å². The number of benzene rings is 3. The molecular weight excluding hydrogens is 847 g/mol. The predicted octanol–water partition coefficient (Wildman–Crippen LogP) is 8.16. The van der Waals surface area contributed by atoms with Crippen LogP contribution in [-0.4, -0.2) is 122 Å². The molecule has 6 heterocycles. The summed E-state index contributed by atoms with van der Waals surface area (Å²) < 4.78 is 45.8. The van der Waals surface area contributed by atoms with Gasteiger partial charge < -0.3 is 33.7 Å². The first-order chi connectivity index (χ1) is 30.6. The lowest BCUT2D eigenvalue weighted by molar-refractivity contribution is -0.145. The number of carboxylic acid groups (broad SMARTS) is 1. The number of hydrogen-bond donors (Lipinski definition) is 1. The summed E-state index contributed by atoms with van der Waals surface area (Å²) in [6.07, 6.45) is 2.35. The Morgan fingerprint density at radius 1 is 1.08 bits per heavy atom. The quantitative estimate of drug-likeness (QED) is 0.143. The molecule has 0 spiro atoms. The van der Waals surface area contributed by atoms with E-state index in [4.69, 9.17) is 40.3 Å². The number of nitrogens with zero attached hydrogens (tertiary/aromatic N) is 6. The summed E-state index contributed by atoms with van der Waals surface area (Å²) in [6.45, 7) is 11.3. The van der Waals surface area contributed by atoms with Gasteiger partial charge in [0, 0.05) is 68.4 Å². The van der Waals surface area contributed by atoms with Crippen molar-refractivity contribution in [3.8, 4) is 38.8 Å². The van der Waals surface area contributed by atoms with Gasteiger partial charge >= 0.3 is 5.97 Å². The molecule has 1 fully saturated rings. The average molecular weight is 895 g/mol. The van der Waals surface area contributed by atoms with E-state index in [0.29, 0.717) is 103 Å². The van der Waals surface area contributed by atoms with Crippen molar-refractivity contribution >= 4 is 52.1 Å². The lowest BCUT2D eigenvalue weighted by Gasteiger charge is -2.34. The zero-order chi connectivity index (χ0) is 44.0. The van der Waals surface area contributed by atoms with Gasteiger partial charge in [-0.25, -0.2) is 19.2 Å². The molecule has 4 bridgehead atoms. The number of carbonyl (C=O) groups is 1. The molecule has 328 valence electrons. The highest BCUT2D eigenvalue weighted by molar-refractivity contribution is 7.20. The maximum atomic E-state index is 14.3. The van der Waals surface area contributed by atoms with E-state index < -0.39 is 24.0 Å². The SMILES string of the molecule is C=Nc1sc(-c2ccc(F)cc2)c2c1/C(=N\C)O[C@@H](C(=O)O)Cc1cc(ccc1OCc1ccnc(C3=CCOCC3)n1)OC[C@@H](CN1CCN(C)CC1)Oc1ccc-2c(C)c1Cl.